The van der Waals surface area contributed by atoms with Crippen molar-refractivity contribution in [3.63, 3.8) is 0 Å². The molecule has 10 heteroatoms. The van der Waals surface area contributed by atoms with Gasteiger partial charge in [-0.15, -0.1) is 0 Å². The van der Waals surface area contributed by atoms with E-state index in [1.807, 2.05) is 0 Å². The van der Waals surface area contributed by atoms with Gasteiger partial charge in [-0.3, -0.25) is 0 Å². The maximum Gasteiger partial charge on any atom is 0.333 e. The van der Waals surface area contributed by atoms with Crippen molar-refractivity contribution >= 4 is 190 Å². The maximum absolute atomic E-state index is 2.83. The van der Waals surface area contributed by atoms with Crippen LogP contribution in [0.3, 0.4) is 0 Å². The Labute approximate surface area is 619 Å². The number of anilines is 6. The van der Waals surface area contributed by atoms with E-state index in [1.54, 1.807) is 0 Å². The Morgan fingerprint density at radius 3 is 0.843 bits per heavy atom. The van der Waals surface area contributed by atoms with Crippen molar-refractivity contribution in [2.45, 2.75) is 0 Å². The van der Waals surface area contributed by atoms with Crippen LogP contribution < -0.4 is 31.7 Å². The number of hydrogen-bond donors (Lipinski definition) is 0. The van der Waals surface area contributed by atoms with E-state index in [4.69, 9.17) is 0 Å². The number of benzene rings is 16. The molecule has 16 aromatic carbocycles. The van der Waals surface area contributed by atoms with Crippen molar-refractivity contribution in [3.05, 3.63) is 352 Å². The maximum atomic E-state index is 2.83. The molecule has 0 unspecified atom stereocenters. The first-order valence-corrected chi connectivity index (χ1v) is 37.6. The van der Waals surface area contributed by atoms with Gasteiger partial charge in [0.15, 0.2) is 0 Å². The van der Waals surface area contributed by atoms with E-state index in [9.17, 15) is 0 Å². The largest absolute Gasteiger partial charge is 0.374 e. The third-order valence-electron chi connectivity index (χ3n) is 24.7. The summed E-state index contributed by atoms with van der Waals surface area (Å²) in [6.45, 7) is -0.499. The standard InChI is InChI=1S/C98H58B2N8/c1-5-25-59(26-6-1)101-81-43-17-13-33-65(81)69-51-49-63(53-87(69)101)105-85-47-23-37-71-73-39-21-41-75-95(73)107(99(93(71)85)79-55-77-67-35-15-19-45-83(67)103(89(77)57-91(79)105)61-29-9-3-10-30-61)97-76-42-22-40-74-72-38-24-48-86-94(72)100(108(96(74)76)98(75)97)80-56-78-68-36-16-20-46-84(68)104(62-31-11-4-12-32-62)90(78)58-92(80)106(86)64-50-52-70-66-34-14-18-44-82(66)102(88(70)54-64)60-27-7-2-8-28-60/h1-58H. The molecule has 0 saturated carbocycles. The second kappa shape index (κ2) is 20.8. The van der Waals surface area contributed by atoms with Crippen molar-refractivity contribution in [1.82, 2.24) is 27.2 Å². The van der Waals surface area contributed by atoms with Crippen molar-refractivity contribution in [3.8, 4) is 45.0 Å². The topological polar surface area (TPSA) is 36.1 Å². The second-order valence-corrected chi connectivity index (χ2v) is 29.8. The first-order chi connectivity index (χ1) is 53.7. The summed E-state index contributed by atoms with van der Waals surface area (Å²) < 4.78 is 15.5. The zero-order valence-electron chi connectivity index (χ0n) is 58.2. The Balaban J connectivity index is 0.773. The molecule has 0 bridgehead atoms. The van der Waals surface area contributed by atoms with Gasteiger partial charge in [0, 0.05) is 133 Å². The zero-order chi connectivity index (χ0) is 69.9. The molecule has 4 aliphatic rings. The smallest absolute Gasteiger partial charge is 0.333 e. The van der Waals surface area contributed by atoms with Crippen LogP contribution in [-0.4, -0.2) is 40.9 Å². The molecule has 108 heavy (non-hydrogen) atoms. The van der Waals surface area contributed by atoms with E-state index >= 15 is 0 Å². The molecule has 0 atom stereocenters. The van der Waals surface area contributed by atoms with Gasteiger partial charge in [-0.05, 0) is 154 Å². The van der Waals surface area contributed by atoms with Crippen LogP contribution in [0.25, 0.3) is 165 Å². The lowest BCUT2D eigenvalue weighted by atomic mass is 9.45. The molecule has 26 rings (SSSR count). The van der Waals surface area contributed by atoms with Crippen LogP contribution in [0.4, 0.5) is 34.1 Å². The van der Waals surface area contributed by atoms with Crippen LogP contribution in [0.1, 0.15) is 0 Å². The summed E-state index contributed by atoms with van der Waals surface area (Å²) in [6, 6.07) is 133. The molecule has 8 nitrogen and oxygen atoms in total. The SMILES string of the molecule is c1ccc(-n2c3ccccc3c3ccc(N4c5cc6c(cc5B5c7c(cccc74)-c4cccc7c4n5c4c5cccc8c5n(c74)B4c5cc7c9ccccc9n(-c9ccccc9)c7cc5N(c5ccc7c9ccccc9n(-c9ccccc9)c7c5)c5cccc-8c54)c4ccccc4n6-c4ccccc4)cc32)cc1. The lowest BCUT2D eigenvalue weighted by molar-refractivity contribution is 1.17. The quantitative estimate of drug-likeness (QED) is 0.156. The first-order valence-electron chi connectivity index (χ1n) is 37.6. The van der Waals surface area contributed by atoms with Gasteiger partial charge in [0.1, 0.15) is 0 Å². The molecule has 0 aliphatic carbocycles. The Morgan fingerprint density at radius 2 is 0.472 bits per heavy atom. The molecule has 0 saturated heterocycles. The van der Waals surface area contributed by atoms with E-state index in [-0.39, 0.29) is 13.7 Å². The summed E-state index contributed by atoms with van der Waals surface area (Å²) in [5.41, 5.74) is 35.9. The van der Waals surface area contributed by atoms with Crippen LogP contribution in [0, 0.1) is 0 Å². The van der Waals surface area contributed by atoms with E-state index in [0.717, 1.165) is 67.6 Å². The summed E-state index contributed by atoms with van der Waals surface area (Å²) in [5.74, 6) is 0. The minimum absolute atomic E-state index is 0.249. The average molecular weight is 1370 g/mol. The molecule has 0 amide bonds. The minimum atomic E-state index is -0.249. The second-order valence-electron chi connectivity index (χ2n) is 29.8. The van der Waals surface area contributed by atoms with Crippen LogP contribution in [0.15, 0.2) is 352 Å². The van der Waals surface area contributed by atoms with Crippen LogP contribution >= 0.6 is 0 Å². The fraction of sp³-hybridized carbons (Fsp3) is 0. The molecule has 0 spiro atoms. The van der Waals surface area contributed by atoms with Crippen LogP contribution in [0.5, 0.6) is 0 Å². The van der Waals surface area contributed by atoms with Gasteiger partial charge in [0.2, 0.25) is 0 Å². The molecule has 0 N–H and O–H groups in total. The molecule has 22 aromatic rings. The van der Waals surface area contributed by atoms with Crippen molar-refractivity contribution in [2.24, 2.45) is 0 Å². The number of hydrogen-bond acceptors (Lipinski definition) is 2. The zero-order valence-corrected chi connectivity index (χ0v) is 58.2. The van der Waals surface area contributed by atoms with E-state index in [0.29, 0.717) is 0 Å². The van der Waals surface area contributed by atoms with E-state index in [1.165, 1.54) is 153 Å². The van der Waals surface area contributed by atoms with E-state index in [2.05, 4.69) is 389 Å². The Kier molecular flexibility index (Phi) is 11.0. The Morgan fingerprint density at radius 1 is 0.176 bits per heavy atom. The van der Waals surface area contributed by atoms with Gasteiger partial charge < -0.3 is 37.0 Å². The average Bonchev–Trinajstić information content (AvgIpc) is 1.47. The molecule has 496 valence electrons. The summed E-state index contributed by atoms with van der Waals surface area (Å²) in [5, 5.41) is 12.3. The predicted molar refractivity (Wildman–Crippen MR) is 453 cm³/mol. The summed E-state index contributed by atoms with van der Waals surface area (Å²) >= 11 is 0. The van der Waals surface area contributed by atoms with Gasteiger partial charge in [0.25, 0.3) is 0 Å². The summed E-state index contributed by atoms with van der Waals surface area (Å²) in [7, 11) is 0. The third-order valence-corrected chi connectivity index (χ3v) is 24.7. The van der Waals surface area contributed by atoms with Gasteiger partial charge in [-0.25, -0.2) is 0 Å². The molecular weight excluding hydrogens is 1310 g/mol. The van der Waals surface area contributed by atoms with Crippen LogP contribution in [0.2, 0.25) is 0 Å². The van der Waals surface area contributed by atoms with Gasteiger partial charge >= 0.3 is 13.7 Å². The van der Waals surface area contributed by atoms with Gasteiger partial charge in [-0.2, -0.15) is 0 Å². The highest BCUT2D eigenvalue weighted by Crippen LogP contribution is 2.54. The fourth-order valence-corrected chi connectivity index (χ4v) is 20.6. The number of fused-ring (bicyclic) bond motifs is 25. The van der Waals surface area contributed by atoms with Gasteiger partial charge in [0.05, 0.1) is 55.2 Å². The Hall–Kier alpha value is -14.2. The number of rotatable bonds is 6. The van der Waals surface area contributed by atoms with Crippen molar-refractivity contribution in [2.75, 3.05) is 9.80 Å². The highest BCUT2D eigenvalue weighted by molar-refractivity contribution is 6.92. The lowest BCUT2D eigenvalue weighted by Gasteiger charge is -2.40. The molecule has 6 aromatic heterocycles. The molecule has 0 radical (unpaired) electrons. The molecular formula is C98H58B2N8. The first kappa shape index (κ1) is 57.2. The van der Waals surface area contributed by atoms with Crippen molar-refractivity contribution in [1.29, 1.82) is 0 Å². The molecule has 4 aliphatic heterocycles. The van der Waals surface area contributed by atoms with Gasteiger partial charge in [-0.1, -0.05) is 231 Å². The third kappa shape index (κ3) is 7.22. The lowest BCUT2D eigenvalue weighted by Crippen LogP contribution is -2.56. The highest BCUT2D eigenvalue weighted by atomic mass is 15.2. The monoisotopic (exact) mass is 1370 g/mol. The summed E-state index contributed by atoms with van der Waals surface area (Å²) in [6.07, 6.45) is 0. The number of nitrogens with zero attached hydrogens (tertiary/aromatic N) is 8. The number of aromatic nitrogens is 6. The predicted octanol–water partition coefficient (Wildman–Crippen LogP) is 22.0. The normalized spacial score (nSPS) is 13.3. The number of para-hydroxylation sites is 10. The Bertz CT molecular complexity index is 7310. The van der Waals surface area contributed by atoms with Crippen molar-refractivity contribution < 1.29 is 0 Å². The highest BCUT2D eigenvalue weighted by Gasteiger charge is 2.48. The summed E-state index contributed by atoms with van der Waals surface area (Å²) in [4.78, 5) is 5.23. The minimum Gasteiger partial charge on any atom is -0.374 e. The van der Waals surface area contributed by atoms with E-state index < -0.39 is 0 Å². The fourth-order valence-electron chi connectivity index (χ4n) is 20.6. The molecule has 0 fully saturated rings. The van der Waals surface area contributed by atoms with Crippen LogP contribution in [-0.2, 0) is 0 Å². The molecule has 10 heterocycles.